The molecule has 0 saturated heterocycles. The predicted molar refractivity (Wildman–Crippen MR) is 80.0 cm³/mol. The summed E-state index contributed by atoms with van der Waals surface area (Å²) in [6, 6.07) is 6.18. The quantitative estimate of drug-likeness (QED) is 0.746. The molecule has 0 aliphatic heterocycles. The van der Waals surface area contributed by atoms with Gasteiger partial charge in [-0.15, -0.1) is 0 Å². The molecular formula is C15H24ClNO2. The lowest BCUT2D eigenvalue weighted by Gasteiger charge is -2.15. The molecule has 0 aliphatic carbocycles. The largest absolute Gasteiger partial charge is 0.490 e. The van der Waals surface area contributed by atoms with Crippen LogP contribution in [0.5, 0.6) is 5.75 Å². The number of nitrogens with two attached hydrogens (primary N) is 1. The number of hydrogen-bond donors (Lipinski definition) is 1. The first-order valence-corrected chi connectivity index (χ1v) is 7.06. The third kappa shape index (κ3) is 6.28. The second-order valence-corrected chi connectivity index (χ2v) is 5.54. The maximum absolute atomic E-state index is 6.11. The molecule has 0 fully saturated rings. The molecule has 2 atom stereocenters. The number of halogens is 1. The fourth-order valence-electron chi connectivity index (χ4n) is 2.14. The predicted octanol–water partition coefficient (Wildman–Crippen LogP) is 3.28. The molecular weight excluding hydrogens is 262 g/mol. The molecule has 1 rings (SSSR count). The minimum atomic E-state index is 0.236. The summed E-state index contributed by atoms with van der Waals surface area (Å²) < 4.78 is 10.6. The molecule has 0 aromatic heterocycles. The van der Waals surface area contributed by atoms with Gasteiger partial charge in [-0.25, -0.2) is 0 Å². The highest BCUT2D eigenvalue weighted by atomic mass is 35.5. The number of benzene rings is 1. The Morgan fingerprint density at radius 3 is 2.63 bits per heavy atom. The lowest BCUT2D eigenvalue weighted by molar-refractivity contribution is 0.146. The molecule has 0 aliphatic rings. The van der Waals surface area contributed by atoms with Crippen molar-refractivity contribution in [1.29, 1.82) is 0 Å². The van der Waals surface area contributed by atoms with Gasteiger partial charge in [0.1, 0.15) is 12.4 Å². The topological polar surface area (TPSA) is 44.5 Å². The second-order valence-electron chi connectivity index (χ2n) is 5.13. The van der Waals surface area contributed by atoms with E-state index in [1.165, 1.54) is 5.56 Å². The van der Waals surface area contributed by atoms with Crippen molar-refractivity contribution >= 4 is 11.6 Å². The van der Waals surface area contributed by atoms with Crippen LogP contribution in [0.15, 0.2) is 18.2 Å². The maximum atomic E-state index is 6.11. The Hall–Kier alpha value is -0.770. The number of hydrogen-bond acceptors (Lipinski definition) is 3. The van der Waals surface area contributed by atoms with E-state index in [0.717, 1.165) is 18.6 Å². The molecule has 0 saturated carbocycles. The van der Waals surface area contributed by atoms with Crippen molar-refractivity contribution < 1.29 is 9.47 Å². The van der Waals surface area contributed by atoms with E-state index in [1.807, 2.05) is 25.1 Å². The van der Waals surface area contributed by atoms with Gasteiger partial charge in [-0.2, -0.15) is 0 Å². The fourth-order valence-corrected chi connectivity index (χ4v) is 2.31. The first-order chi connectivity index (χ1) is 9.02. The van der Waals surface area contributed by atoms with Crippen molar-refractivity contribution in [3.63, 3.8) is 0 Å². The van der Waals surface area contributed by atoms with E-state index in [0.29, 0.717) is 24.2 Å². The molecule has 0 heterocycles. The van der Waals surface area contributed by atoms with Gasteiger partial charge in [0.25, 0.3) is 0 Å². The van der Waals surface area contributed by atoms with Crippen LogP contribution in [0.4, 0.5) is 0 Å². The third-order valence-electron chi connectivity index (χ3n) is 2.90. The number of rotatable bonds is 8. The molecule has 108 valence electrons. The van der Waals surface area contributed by atoms with Gasteiger partial charge in [-0.1, -0.05) is 24.6 Å². The van der Waals surface area contributed by atoms with E-state index >= 15 is 0 Å². The van der Waals surface area contributed by atoms with E-state index in [9.17, 15) is 0 Å². The average Bonchev–Trinajstić information content (AvgIpc) is 2.32. The van der Waals surface area contributed by atoms with Crippen LogP contribution in [0.25, 0.3) is 0 Å². The van der Waals surface area contributed by atoms with Gasteiger partial charge in [0.2, 0.25) is 0 Å². The Morgan fingerprint density at radius 2 is 2.00 bits per heavy atom. The molecule has 19 heavy (non-hydrogen) atoms. The van der Waals surface area contributed by atoms with Gasteiger partial charge in [0, 0.05) is 13.2 Å². The van der Waals surface area contributed by atoms with Gasteiger partial charge in [0.05, 0.1) is 11.6 Å². The molecule has 0 amide bonds. The summed E-state index contributed by atoms with van der Waals surface area (Å²) in [7, 11) is 1.65. The smallest absolute Gasteiger partial charge is 0.138 e. The maximum Gasteiger partial charge on any atom is 0.138 e. The van der Waals surface area contributed by atoms with Gasteiger partial charge in [-0.3, -0.25) is 0 Å². The zero-order chi connectivity index (χ0) is 14.3. The molecule has 3 nitrogen and oxygen atoms in total. The van der Waals surface area contributed by atoms with Crippen molar-refractivity contribution in [2.75, 3.05) is 20.3 Å². The van der Waals surface area contributed by atoms with E-state index in [4.69, 9.17) is 26.8 Å². The van der Waals surface area contributed by atoms with Crippen LogP contribution in [0.2, 0.25) is 5.02 Å². The van der Waals surface area contributed by atoms with Crippen molar-refractivity contribution in [3.05, 3.63) is 28.8 Å². The van der Waals surface area contributed by atoms with Crippen LogP contribution in [-0.2, 0) is 11.2 Å². The van der Waals surface area contributed by atoms with E-state index in [2.05, 4.69) is 6.92 Å². The molecule has 2 unspecified atom stereocenters. The third-order valence-corrected chi connectivity index (χ3v) is 3.21. The minimum absolute atomic E-state index is 0.236. The summed E-state index contributed by atoms with van der Waals surface area (Å²) in [4.78, 5) is 0. The lowest BCUT2D eigenvalue weighted by atomic mass is 9.95. The summed E-state index contributed by atoms with van der Waals surface area (Å²) in [5.41, 5.74) is 7.05. The monoisotopic (exact) mass is 285 g/mol. The van der Waals surface area contributed by atoms with Crippen LogP contribution in [0.1, 0.15) is 25.8 Å². The Kier molecular flexibility index (Phi) is 7.21. The molecule has 0 radical (unpaired) electrons. The normalized spacial score (nSPS) is 14.2. The highest BCUT2D eigenvalue weighted by Crippen LogP contribution is 2.27. The summed E-state index contributed by atoms with van der Waals surface area (Å²) in [6.07, 6.45) is 2.00. The molecule has 2 N–H and O–H groups in total. The molecule has 4 heteroatoms. The Balaban J connectivity index is 2.61. The van der Waals surface area contributed by atoms with Crippen LogP contribution < -0.4 is 10.5 Å². The van der Waals surface area contributed by atoms with E-state index in [1.54, 1.807) is 7.11 Å². The van der Waals surface area contributed by atoms with E-state index in [-0.39, 0.29) is 6.04 Å². The van der Waals surface area contributed by atoms with Gasteiger partial charge in [0.15, 0.2) is 0 Å². The number of methoxy groups -OCH3 is 1. The number of ether oxygens (including phenoxy) is 2. The first kappa shape index (κ1) is 16.3. The van der Waals surface area contributed by atoms with Crippen LogP contribution in [-0.4, -0.2) is 26.4 Å². The van der Waals surface area contributed by atoms with E-state index < -0.39 is 0 Å². The average molecular weight is 286 g/mol. The minimum Gasteiger partial charge on any atom is -0.490 e. The fraction of sp³-hybridized carbons (Fsp3) is 0.600. The summed E-state index contributed by atoms with van der Waals surface area (Å²) in [5, 5.41) is 0.639. The van der Waals surface area contributed by atoms with Crippen molar-refractivity contribution in [1.82, 2.24) is 0 Å². The molecule has 0 spiro atoms. The zero-order valence-corrected chi connectivity index (χ0v) is 12.7. The lowest BCUT2D eigenvalue weighted by Crippen LogP contribution is -2.19. The highest BCUT2D eigenvalue weighted by Gasteiger charge is 2.09. The Labute approximate surface area is 121 Å². The van der Waals surface area contributed by atoms with Gasteiger partial charge in [-0.05, 0) is 43.4 Å². The van der Waals surface area contributed by atoms with Crippen molar-refractivity contribution in [3.8, 4) is 5.75 Å². The highest BCUT2D eigenvalue weighted by molar-refractivity contribution is 6.32. The standard InChI is InChI=1S/C15H24ClNO2/c1-11(8-12(2)17)9-13-4-5-14(16)15(10-13)19-7-6-18-3/h4-5,10-12H,6-9,17H2,1-3H3. The van der Waals surface area contributed by atoms with Crippen molar-refractivity contribution in [2.45, 2.75) is 32.7 Å². The molecule has 0 bridgehead atoms. The second kappa shape index (κ2) is 8.41. The van der Waals surface area contributed by atoms with Crippen LogP contribution in [0, 0.1) is 5.92 Å². The molecule has 1 aromatic carbocycles. The summed E-state index contributed by atoms with van der Waals surface area (Å²) in [6.45, 7) is 5.32. The first-order valence-electron chi connectivity index (χ1n) is 6.68. The van der Waals surface area contributed by atoms with Gasteiger partial charge >= 0.3 is 0 Å². The Morgan fingerprint density at radius 1 is 1.26 bits per heavy atom. The Bertz CT molecular complexity index is 382. The summed E-state index contributed by atoms with van der Waals surface area (Å²) in [5.74, 6) is 1.28. The molecule has 1 aromatic rings. The SMILES string of the molecule is COCCOc1cc(CC(C)CC(C)N)ccc1Cl. The summed E-state index contributed by atoms with van der Waals surface area (Å²) >= 11 is 6.11. The van der Waals surface area contributed by atoms with Gasteiger partial charge < -0.3 is 15.2 Å². The zero-order valence-electron chi connectivity index (χ0n) is 12.0. The van der Waals surface area contributed by atoms with Crippen LogP contribution >= 0.6 is 11.6 Å². The van der Waals surface area contributed by atoms with Crippen molar-refractivity contribution in [2.24, 2.45) is 11.7 Å². The van der Waals surface area contributed by atoms with Crippen LogP contribution in [0.3, 0.4) is 0 Å².